The maximum Gasteiger partial charge on any atom is 0.416 e. The van der Waals surface area contributed by atoms with E-state index in [1.807, 2.05) is 0 Å². The third-order valence-electron chi connectivity index (χ3n) is 8.16. The molecule has 36 heavy (non-hydrogen) atoms. The van der Waals surface area contributed by atoms with E-state index in [1.165, 1.54) is 55.9 Å². The Bertz CT molecular complexity index is 1710. The Hall–Kier alpha value is -3.79. The Kier molecular flexibility index (Phi) is 4.26. The van der Waals surface area contributed by atoms with Gasteiger partial charge >= 0.3 is 6.18 Å². The molecule has 0 atom stereocenters. The number of anilines is 2. The third kappa shape index (κ3) is 2.90. The van der Waals surface area contributed by atoms with Crippen LogP contribution in [0.4, 0.5) is 24.5 Å². The molecule has 0 amide bonds. The molecule has 0 unspecified atom stereocenters. The van der Waals surface area contributed by atoms with Crippen molar-refractivity contribution in [3.63, 3.8) is 0 Å². The van der Waals surface area contributed by atoms with Crippen molar-refractivity contribution in [1.82, 2.24) is 0 Å². The van der Waals surface area contributed by atoms with E-state index in [0.29, 0.717) is 13.0 Å². The molecule has 0 spiro atoms. The normalized spacial score (nSPS) is 15.9. The van der Waals surface area contributed by atoms with Crippen molar-refractivity contribution in [2.24, 2.45) is 0 Å². The second-order valence-electron chi connectivity index (χ2n) is 10.5. The molecule has 0 aromatic heterocycles. The molecule has 1 nitrogen and oxygen atoms in total. The first-order valence-electron chi connectivity index (χ1n) is 12.3. The van der Waals surface area contributed by atoms with Crippen molar-refractivity contribution in [2.45, 2.75) is 31.9 Å². The van der Waals surface area contributed by atoms with Gasteiger partial charge in [0.25, 0.3) is 0 Å². The fraction of sp³-hybridized carbons (Fsp3) is 0.188. The number of hydrogen-bond donors (Lipinski definition) is 0. The summed E-state index contributed by atoms with van der Waals surface area (Å²) in [4.78, 5) is 2.15. The minimum Gasteiger partial charge on any atom is -0.341 e. The summed E-state index contributed by atoms with van der Waals surface area (Å²) in [6.45, 7) is 5.21. The summed E-state index contributed by atoms with van der Waals surface area (Å²) in [6.07, 6.45) is -3.71. The highest BCUT2D eigenvalue weighted by atomic mass is 19.4. The first kappa shape index (κ1) is 21.5. The highest BCUT2D eigenvalue weighted by Gasteiger charge is 2.38. The van der Waals surface area contributed by atoms with Gasteiger partial charge in [0.2, 0.25) is 0 Å². The largest absolute Gasteiger partial charge is 0.416 e. The van der Waals surface area contributed by atoms with Crippen LogP contribution in [0.5, 0.6) is 0 Å². The molecule has 0 fully saturated rings. The molecule has 2 aliphatic rings. The van der Waals surface area contributed by atoms with E-state index >= 15 is 0 Å². The van der Waals surface area contributed by atoms with Crippen molar-refractivity contribution in [2.75, 3.05) is 11.4 Å². The average molecular weight is 480 g/mol. The predicted octanol–water partition coefficient (Wildman–Crippen LogP) is 9.01. The Labute approximate surface area is 207 Å². The van der Waals surface area contributed by atoms with Gasteiger partial charge < -0.3 is 4.90 Å². The van der Waals surface area contributed by atoms with E-state index in [2.05, 4.69) is 85.5 Å². The van der Waals surface area contributed by atoms with Gasteiger partial charge in [0, 0.05) is 23.3 Å². The Morgan fingerprint density at radius 2 is 1.56 bits per heavy atom. The molecule has 5 aromatic rings. The molecular weight excluding hydrogens is 455 g/mol. The lowest BCUT2D eigenvalue weighted by atomic mass is 9.81. The van der Waals surface area contributed by atoms with Crippen LogP contribution < -0.4 is 4.90 Å². The van der Waals surface area contributed by atoms with Crippen molar-refractivity contribution < 1.29 is 13.2 Å². The molecule has 0 saturated carbocycles. The van der Waals surface area contributed by atoms with Crippen LogP contribution in [0.25, 0.3) is 32.7 Å². The number of hydrogen-bond acceptors (Lipinski definition) is 1. The van der Waals surface area contributed by atoms with Gasteiger partial charge in [-0.3, -0.25) is 0 Å². The highest BCUT2D eigenvalue weighted by molar-refractivity contribution is 6.14. The molecule has 5 aromatic carbocycles. The third-order valence-corrected chi connectivity index (χ3v) is 8.16. The van der Waals surface area contributed by atoms with E-state index in [4.69, 9.17) is 0 Å². The van der Waals surface area contributed by atoms with Gasteiger partial charge in [-0.1, -0.05) is 68.4 Å². The lowest BCUT2D eigenvalue weighted by Gasteiger charge is -2.25. The van der Waals surface area contributed by atoms with Crippen LogP contribution in [0.15, 0.2) is 84.9 Å². The van der Waals surface area contributed by atoms with Crippen LogP contribution in [0.2, 0.25) is 0 Å². The molecule has 0 saturated heterocycles. The first-order valence-corrected chi connectivity index (χ1v) is 12.3. The maximum absolute atomic E-state index is 13.2. The van der Waals surface area contributed by atoms with Gasteiger partial charge in [-0.15, -0.1) is 0 Å². The molecular formula is C32H24F3N. The molecule has 0 N–H and O–H groups in total. The van der Waals surface area contributed by atoms with E-state index < -0.39 is 11.7 Å². The molecule has 1 aliphatic carbocycles. The van der Waals surface area contributed by atoms with Gasteiger partial charge in [0.1, 0.15) is 0 Å². The minimum absolute atomic E-state index is 0.177. The van der Waals surface area contributed by atoms with Gasteiger partial charge in [0.15, 0.2) is 0 Å². The maximum atomic E-state index is 13.2. The van der Waals surface area contributed by atoms with Crippen LogP contribution >= 0.6 is 0 Å². The summed E-state index contributed by atoms with van der Waals surface area (Å²) in [5.74, 6) is 0. The van der Waals surface area contributed by atoms with Gasteiger partial charge in [-0.25, -0.2) is 0 Å². The van der Waals surface area contributed by atoms with Crippen LogP contribution in [-0.4, -0.2) is 6.54 Å². The summed E-state index contributed by atoms with van der Waals surface area (Å²) in [7, 11) is 0. The van der Waals surface area contributed by atoms with E-state index in [9.17, 15) is 13.2 Å². The smallest absolute Gasteiger partial charge is 0.341 e. The monoisotopic (exact) mass is 479 g/mol. The predicted molar refractivity (Wildman–Crippen MR) is 141 cm³/mol. The number of alkyl halides is 3. The Balaban J connectivity index is 1.37. The summed E-state index contributed by atoms with van der Waals surface area (Å²) < 4.78 is 39.7. The van der Waals surface area contributed by atoms with Gasteiger partial charge in [0.05, 0.1) is 5.56 Å². The zero-order valence-corrected chi connectivity index (χ0v) is 20.1. The SMILES string of the molecule is CC1(C)c2cc(N3CCc4cc(C(F)(F)F)ccc43)ccc2-c2c1ccc1c2ccc2ccccc21. The summed E-state index contributed by atoms with van der Waals surface area (Å²) >= 11 is 0. The minimum atomic E-state index is -4.32. The zero-order valence-electron chi connectivity index (χ0n) is 20.1. The lowest BCUT2D eigenvalue weighted by Crippen LogP contribution is -2.17. The van der Waals surface area contributed by atoms with Crippen LogP contribution in [0, 0.1) is 0 Å². The standard InChI is InChI=1S/C32H24F3N/c1-31(2)27-13-12-24-23-6-4-3-5-19(23)7-10-25(24)30(27)26-11-9-22(18-28(26)31)36-16-15-20-17-21(32(33,34)35)8-14-29(20)36/h3-14,17-18H,15-16H2,1-2H3. The molecule has 0 bridgehead atoms. The molecule has 4 heteroatoms. The quantitative estimate of drug-likeness (QED) is 0.217. The first-order chi connectivity index (χ1) is 17.2. The number of nitrogens with zero attached hydrogens (tertiary/aromatic N) is 1. The highest BCUT2D eigenvalue weighted by Crippen LogP contribution is 2.53. The second kappa shape index (κ2) is 7.13. The number of fused-ring (bicyclic) bond motifs is 8. The van der Waals surface area contributed by atoms with Crippen molar-refractivity contribution >= 4 is 32.9 Å². The lowest BCUT2D eigenvalue weighted by molar-refractivity contribution is -0.137. The molecule has 178 valence electrons. The Morgan fingerprint density at radius 1 is 0.750 bits per heavy atom. The number of benzene rings is 5. The zero-order chi connectivity index (χ0) is 24.8. The molecule has 7 rings (SSSR count). The fourth-order valence-corrected chi connectivity index (χ4v) is 6.33. The molecule has 1 aliphatic heterocycles. The van der Waals surface area contributed by atoms with E-state index in [1.54, 1.807) is 6.07 Å². The molecule has 0 radical (unpaired) electrons. The molecule has 1 heterocycles. The Morgan fingerprint density at radius 3 is 2.39 bits per heavy atom. The van der Waals surface area contributed by atoms with E-state index in [-0.39, 0.29) is 5.41 Å². The summed E-state index contributed by atoms with van der Waals surface area (Å²) in [6, 6.07) is 28.1. The van der Waals surface area contributed by atoms with Crippen molar-refractivity contribution in [1.29, 1.82) is 0 Å². The fourth-order valence-electron chi connectivity index (χ4n) is 6.33. The second-order valence-corrected chi connectivity index (χ2v) is 10.5. The number of halogens is 3. The van der Waals surface area contributed by atoms with Gasteiger partial charge in [-0.2, -0.15) is 13.2 Å². The van der Waals surface area contributed by atoms with Crippen LogP contribution in [-0.2, 0) is 18.0 Å². The van der Waals surface area contributed by atoms with Crippen LogP contribution in [0.3, 0.4) is 0 Å². The van der Waals surface area contributed by atoms with Crippen molar-refractivity contribution in [3.05, 3.63) is 107 Å². The van der Waals surface area contributed by atoms with Crippen molar-refractivity contribution in [3.8, 4) is 11.1 Å². The van der Waals surface area contributed by atoms with Crippen LogP contribution in [0.1, 0.15) is 36.1 Å². The topological polar surface area (TPSA) is 3.24 Å². The summed E-state index contributed by atoms with van der Waals surface area (Å²) in [5, 5.41) is 5.01. The van der Waals surface area contributed by atoms with E-state index in [0.717, 1.165) is 16.9 Å². The summed E-state index contributed by atoms with van der Waals surface area (Å²) in [5.41, 5.74) is 7.01. The van der Waals surface area contributed by atoms with Gasteiger partial charge in [-0.05, 0) is 86.1 Å². The number of rotatable bonds is 1. The average Bonchev–Trinajstić information content (AvgIpc) is 3.39.